The summed E-state index contributed by atoms with van der Waals surface area (Å²) in [5.74, 6) is 0.107. The molecule has 0 aromatic heterocycles. The van der Waals surface area contributed by atoms with Crippen molar-refractivity contribution in [3.63, 3.8) is 0 Å². The highest BCUT2D eigenvalue weighted by molar-refractivity contribution is 7.89. The topological polar surface area (TPSA) is 58.2 Å². The van der Waals surface area contributed by atoms with E-state index in [1.165, 1.54) is 18.2 Å². The van der Waals surface area contributed by atoms with E-state index in [1.54, 1.807) is 0 Å². The monoisotopic (exact) mass is 242 g/mol. The van der Waals surface area contributed by atoms with Crippen molar-refractivity contribution in [2.45, 2.75) is 13.5 Å². The molecule has 0 fully saturated rings. The van der Waals surface area contributed by atoms with Gasteiger partial charge < -0.3 is 5.32 Å². The summed E-state index contributed by atoms with van der Waals surface area (Å²) in [6.07, 6.45) is 0. The first-order chi connectivity index (χ1) is 7.55. The third kappa shape index (κ3) is 4.30. The lowest BCUT2D eigenvalue weighted by atomic mass is 10.1. The van der Waals surface area contributed by atoms with Crippen LogP contribution in [0.4, 0.5) is 0 Å². The summed E-state index contributed by atoms with van der Waals surface area (Å²) in [6, 6.07) is 8.05. The molecule has 0 saturated carbocycles. The number of hydrogen-bond acceptors (Lipinski definition) is 3. The lowest BCUT2D eigenvalue weighted by Crippen LogP contribution is -2.29. The molecular weight excluding hydrogens is 224 g/mol. The van der Waals surface area contributed by atoms with Gasteiger partial charge in [-0.2, -0.15) is 0 Å². The summed E-state index contributed by atoms with van der Waals surface area (Å²) in [5, 5.41) is 3.11. The van der Waals surface area contributed by atoms with Gasteiger partial charge in [-0.3, -0.25) is 0 Å². The Bertz CT molecular complexity index is 429. The molecule has 1 aromatic rings. The fraction of sp³-hybridized carbons (Fsp3) is 0.455. The van der Waals surface area contributed by atoms with Crippen LogP contribution in [0.2, 0.25) is 0 Å². The van der Waals surface area contributed by atoms with Crippen LogP contribution in [0.5, 0.6) is 0 Å². The molecule has 16 heavy (non-hydrogen) atoms. The Hall–Kier alpha value is -0.910. The van der Waals surface area contributed by atoms with Gasteiger partial charge in [-0.15, -0.1) is 0 Å². The maximum absolute atomic E-state index is 11.1. The zero-order valence-electron chi connectivity index (χ0n) is 9.66. The summed E-state index contributed by atoms with van der Waals surface area (Å²) in [5.41, 5.74) is 2.41. The predicted molar refractivity (Wildman–Crippen MR) is 65.7 cm³/mol. The molecule has 5 heteroatoms. The second-order valence-corrected chi connectivity index (χ2v) is 5.67. The fourth-order valence-electron chi connectivity index (χ4n) is 1.34. The van der Waals surface area contributed by atoms with E-state index in [1.807, 2.05) is 31.2 Å². The van der Waals surface area contributed by atoms with Gasteiger partial charge in [-0.1, -0.05) is 24.3 Å². The third-order valence-corrected chi connectivity index (χ3v) is 3.80. The van der Waals surface area contributed by atoms with E-state index in [2.05, 4.69) is 10.0 Å². The molecule has 4 nitrogen and oxygen atoms in total. The molecule has 0 aliphatic heterocycles. The molecule has 0 aliphatic rings. The molecule has 0 amide bonds. The van der Waals surface area contributed by atoms with E-state index in [9.17, 15) is 8.42 Å². The summed E-state index contributed by atoms with van der Waals surface area (Å²) < 4.78 is 24.5. The normalized spacial score (nSPS) is 11.6. The first-order valence-corrected chi connectivity index (χ1v) is 6.87. The van der Waals surface area contributed by atoms with Crippen molar-refractivity contribution in [3.05, 3.63) is 35.4 Å². The Morgan fingerprint density at radius 3 is 2.56 bits per heavy atom. The molecule has 90 valence electrons. The Kier molecular flexibility index (Phi) is 4.92. The molecule has 2 N–H and O–H groups in total. The van der Waals surface area contributed by atoms with Crippen LogP contribution in [0, 0.1) is 6.92 Å². The summed E-state index contributed by atoms with van der Waals surface area (Å²) >= 11 is 0. The summed E-state index contributed by atoms with van der Waals surface area (Å²) in [7, 11) is -1.67. The number of nitrogens with one attached hydrogen (secondary N) is 2. The van der Waals surface area contributed by atoms with Gasteiger partial charge in [0.05, 0.1) is 5.75 Å². The summed E-state index contributed by atoms with van der Waals surface area (Å²) in [4.78, 5) is 0. The Morgan fingerprint density at radius 2 is 1.94 bits per heavy atom. The minimum absolute atomic E-state index is 0.107. The number of aryl methyl sites for hydroxylation is 1. The first kappa shape index (κ1) is 13.2. The number of hydrogen-bond donors (Lipinski definition) is 2. The van der Waals surface area contributed by atoms with Gasteiger partial charge >= 0.3 is 0 Å². The summed E-state index contributed by atoms with van der Waals surface area (Å²) in [6.45, 7) is 3.20. The van der Waals surface area contributed by atoms with E-state index >= 15 is 0 Å². The van der Waals surface area contributed by atoms with Gasteiger partial charge in [0.25, 0.3) is 0 Å². The van der Waals surface area contributed by atoms with Crippen LogP contribution in [-0.2, 0) is 16.6 Å². The fourth-order valence-corrected chi connectivity index (χ4v) is 1.96. The molecular formula is C11H18N2O2S. The molecule has 0 heterocycles. The van der Waals surface area contributed by atoms with Gasteiger partial charge in [0.2, 0.25) is 10.0 Å². The molecule has 0 radical (unpaired) electrons. The molecule has 0 atom stereocenters. The predicted octanol–water partition coefficient (Wildman–Crippen LogP) is 0.634. The van der Waals surface area contributed by atoms with Gasteiger partial charge in [0.15, 0.2) is 0 Å². The van der Waals surface area contributed by atoms with Crippen LogP contribution in [0.25, 0.3) is 0 Å². The molecule has 0 saturated heterocycles. The molecule has 0 bridgehead atoms. The van der Waals surface area contributed by atoms with Crippen molar-refractivity contribution in [2.24, 2.45) is 0 Å². The van der Waals surface area contributed by atoms with Crippen LogP contribution in [0.3, 0.4) is 0 Å². The van der Waals surface area contributed by atoms with E-state index < -0.39 is 10.0 Å². The highest BCUT2D eigenvalue weighted by Gasteiger charge is 2.05. The third-order valence-electron chi connectivity index (χ3n) is 2.44. The van der Waals surface area contributed by atoms with E-state index in [4.69, 9.17) is 0 Å². The standard InChI is InChI=1S/C11H18N2O2S/c1-10-5-3-4-6-11(10)9-13-7-8-16(14,15)12-2/h3-6,12-13H,7-9H2,1-2H3. The van der Waals surface area contributed by atoms with Crippen LogP contribution >= 0.6 is 0 Å². The van der Waals surface area contributed by atoms with Crippen LogP contribution in [0.1, 0.15) is 11.1 Å². The van der Waals surface area contributed by atoms with Crippen molar-refractivity contribution in [2.75, 3.05) is 19.3 Å². The first-order valence-electron chi connectivity index (χ1n) is 5.21. The van der Waals surface area contributed by atoms with E-state index in [0.29, 0.717) is 13.1 Å². The van der Waals surface area contributed by atoms with Crippen molar-refractivity contribution in [1.29, 1.82) is 0 Å². The largest absolute Gasteiger partial charge is 0.312 e. The highest BCUT2D eigenvalue weighted by Crippen LogP contribution is 2.05. The maximum Gasteiger partial charge on any atom is 0.212 e. The van der Waals surface area contributed by atoms with E-state index in [0.717, 1.165) is 0 Å². The van der Waals surface area contributed by atoms with Crippen LogP contribution in [0.15, 0.2) is 24.3 Å². The minimum Gasteiger partial charge on any atom is -0.312 e. The zero-order valence-corrected chi connectivity index (χ0v) is 10.5. The second-order valence-electron chi connectivity index (χ2n) is 3.63. The van der Waals surface area contributed by atoms with Crippen molar-refractivity contribution in [3.8, 4) is 0 Å². The lowest BCUT2D eigenvalue weighted by molar-refractivity contribution is 0.583. The smallest absolute Gasteiger partial charge is 0.212 e. The number of sulfonamides is 1. The highest BCUT2D eigenvalue weighted by atomic mass is 32.2. The van der Waals surface area contributed by atoms with Gasteiger partial charge in [-0.05, 0) is 25.1 Å². The van der Waals surface area contributed by atoms with Gasteiger partial charge in [0, 0.05) is 13.1 Å². The maximum atomic E-state index is 11.1. The Morgan fingerprint density at radius 1 is 1.25 bits per heavy atom. The molecule has 0 spiro atoms. The molecule has 0 unspecified atom stereocenters. The average molecular weight is 242 g/mol. The molecule has 1 rings (SSSR count). The number of benzene rings is 1. The van der Waals surface area contributed by atoms with Gasteiger partial charge in [0.1, 0.15) is 0 Å². The quantitative estimate of drug-likeness (QED) is 0.720. The van der Waals surface area contributed by atoms with E-state index in [-0.39, 0.29) is 5.75 Å². The van der Waals surface area contributed by atoms with Crippen LogP contribution < -0.4 is 10.0 Å². The average Bonchev–Trinajstić information content (AvgIpc) is 2.27. The van der Waals surface area contributed by atoms with Crippen LogP contribution in [-0.4, -0.2) is 27.8 Å². The molecule has 0 aliphatic carbocycles. The zero-order chi connectivity index (χ0) is 12.0. The number of rotatable bonds is 6. The second kappa shape index (κ2) is 5.98. The minimum atomic E-state index is -3.10. The van der Waals surface area contributed by atoms with Crippen molar-refractivity contribution >= 4 is 10.0 Å². The van der Waals surface area contributed by atoms with Crippen molar-refractivity contribution < 1.29 is 8.42 Å². The molecule has 1 aromatic carbocycles. The van der Waals surface area contributed by atoms with Crippen molar-refractivity contribution in [1.82, 2.24) is 10.0 Å². The Labute approximate surface area is 97.1 Å². The van der Waals surface area contributed by atoms with Gasteiger partial charge in [-0.25, -0.2) is 13.1 Å². The Balaban J connectivity index is 2.35. The SMILES string of the molecule is CNS(=O)(=O)CCNCc1ccccc1C. The lowest BCUT2D eigenvalue weighted by Gasteiger charge is -2.07.